The molecular formula is C19H32BN3O4. The molecule has 0 radical (unpaired) electrons. The summed E-state index contributed by atoms with van der Waals surface area (Å²) in [7, 11) is -0.398. The first-order valence-corrected chi connectivity index (χ1v) is 9.72. The molecule has 3 heterocycles. The van der Waals surface area contributed by atoms with Gasteiger partial charge in [-0.3, -0.25) is 4.68 Å². The summed E-state index contributed by atoms with van der Waals surface area (Å²) in [6.07, 6.45) is 4.51. The number of amides is 1. The van der Waals surface area contributed by atoms with Crippen LogP contribution in [0.5, 0.6) is 0 Å². The van der Waals surface area contributed by atoms with Gasteiger partial charge in [-0.15, -0.1) is 0 Å². The van der Waals surface area contributed by atoms with Crippen LogP contribution in [0.15, 0.2) is 12.4 Å². The van der Waals surface area contributed by atoms with E-state index in [0.29, 0.717) is 12.5 Å². The van der Waals surface area contributed by atoms with Gasteiger partial charge in [-0.1, -0.05) is 0 Å². The third-order valence-electron chi connectivity index (χ3n) is 5.56. The molecule has 1 aromatic rings. The van der Waals surface area contributed by atoms with E-state index in [1.807, 2.05) is 65.5 Å². The van der Waals surface area contributed by atoms with Gasteiger partial charge in [-0.05, 0) is 60.8 Å². The van der Waals surface area contributed by atoms with Gasteiger partial charge in [-0.2, -0.15) is 5.10 Å². The highest BCUT2D eigenvalue weighted by Crippen LogP contribution is 2.36. The van der Waals surface area contributed by atoms with Gasteiger partial charge in [0.2, 0.25) is 0 Å². The number of ether oxygens (including phenoxy) is 1. The van der Waals surface area contributed by atoms with Crippen molar-refractivity contribution in [3.05, 3.63) is 12.4 Å². The molecule has 1 amide bonds. The maximum absolute atomic E-state index is 12.2. The van der Waals surface area contributed by atoms with Crippen molar-refractivity contribution in [1.82, 2.24) is 14.7 Å². The fourth-order valence-corrected chi connectivity index (χ4v) is 3.32. The van der Waals surface area contributed by atoms with Crippen LogP contribution in [0.2, 0.25) is 0 Å². The number of hydrogen-bond acceptors (Lipinski definition) is 5. The molecular weight excluding hydrogens is 345 g/mol. The maximum atomic E-state index is 12.2. The van der Waals surface area contributed by atoms with E-state index in [1.54, 1.807) is 4.90 Å². The second kappa shape index (κ2) is 6.81. The molecule has 2 fully saturated rings. The third-order valence-corrected chi connectivity index (χ3v) is 5.56. The van der Waals surface area contributed by atoms with Gasteiger partial charge in [0.05, 0.1) is 11.2 Å². The Kier molecular flexibility index (Phi) is 5.10. The van der Waals surface area contributed by atoms with Crippen LogP contribution in [-0.2, 0) is 20.6 Å². The Morgan fingerprint density at radius 2 is 1.93 bits per heavy atom. The molecule has 27 heavy (non-hydrogen) atoms. The molecule has 2 aliphatic rings. The fourth-order valence-electron chi connectivity index (χ4n) is 3.32. The van der Waals surface area contributed by atoms with Crippen molar-refractivity contribution in [1.29, 1.82) is 0 Å². The second-order valence-electron chi connectivity index (χ2n) is 9.67. The zero-order valence-corrected chi connectivity index (χ0v) is 17.6. The summed E-state index contributed by atoms with van der Waals surface area (Å²) >= 11 is 0. The fraction of sp³-hybridized carbons (Fsp3) is 0.789. The maximum Gasteiger partial charge on any atom is 0.498 e. The van der Waals surface area contributed by atoms with Crippen molar-refractivity contribution in [2.75, 3.05) is 13.1 Å². The van der Waals surface area contributed by atoms with Crippen molar-refractivity contribution < 1.29 is 18.8 Å². The van der Waals surface area contributed by atoms with Crippen molar-refractivity contribution in [2.24, 2.45) is 5.92 Å². The first kappa shape index (κ1) is 20.2. The van der Waals surface area contributed by atoms with Gasteiger partial charge in [0.25, 0.3) is 0 Å². The lowest BCUT2D eigenvalue weighted by Gasteiger charge is -2.32. The quantitative estimate of drug-likeness (QED) is 0.757. The third kappa shape index (κ3) is 4.49. The summed E-state index contributed by atoms with van der Waals surface area (Å²) in [6.45, 7) is 16.0. The first-order valence-electron chi connectivity index (χ1n) is 9.72. The lowest BCUT2D eigenvalue weighted by molar-refractivity contribution is 0.00578. The molecule has 0 aliphatic carbocycles. The first-order chi connectivity index (χ1) is 12.4. The summed E-state index contributed by atoms with van der Waals surface area (Å²) in [5.74, 6) is 0.364. The zero-order chi connectivity index (χ0) is 20.0. The van der Waals surface area contributed by atoms with E-state index in [9.17, 15) is 4.79 Å². The number of carbonyl (C=O) groups excluding carboxylic acids is 1. The summed E-state index contributed by atoms with van der Waals surface area (Å²) in [5.41, 5.74) is -0.261. The van der Waals surface area contributed by atoms with Crippen LogP contribution in [-0.4, -0.2) is 57.8 Å². The van der Waals surface area contributed by atoms with Crippen LogP contribution in [0.3, 0.4) is 0 Å². The number of rotatable bonds is 3. The highest BCUT2D eigenvalue weighted by molar-refractivity contribution is 6.61. The Hall–Kier alpha value is -1.54. The molecule has 8 heteroatoms. The molecule has 3 rings (SSSR count). The van der Waals surface area contributed by atoms with Crippen molar-refractivity contribution in [2.45, 2.75) is 78.2 Å². The number of likely N-dealkylation sites (tertiary alicyclic amines) is 1. The minimum atomic E-state index is -0.463. The summed E-state index contributed by atoms with van der Waals surface area (Å²) < 4.78 is 19.5. The van der Waals surface area contributed by atoms with Crippen LogP contribution in [0, 0.1) is 5.92 Å². The topological polar surface area (TPSA) is 65.8 Å². The number of carbonyl (C=O) groups is 1. The average Bonchev–Trinajstić information content (AvgIpc) is 3.17. The van der Waals surface area contributed by atoms with E-state index < -0.39 is 12.7 Å². The Balaban J connectivity index is 1.56. The minimum Gasteiger partial charge on any atom is -0.444 e. The van der Waals surface area contributed by atoms with Crippen LogP contribution < -0.4 is 5.46 Å². The molecule has 150 valence electrons. The molecule has 1 aromatic heterocycles. The highest BCUT2D eigenvalue weighted by atomic mass is 16.7. The molecule has 2 aliphatic heterocycles. The molecule has 1 unspecified atom stereocenters. The molecule has 7 nitrogen and oxygen atoms in total. The van der Waals surface area contributed by atoms with Crippen molar-refractivity contribution in [3.8, 4) is 0 Å². The van der Waals surface area contributed by atoms with Crippen LogP contribution in [0.1, 0.15) is 54.9 Å². The number of nitrogens with zero attached hydrogens (tertiary/aromatic N) is 3. The Morgan fingerprint density at radius 1 is 1.30 bits per heavy atom. The van der Waals surface area contributed by atoms with Crippen LogP contribution >= 0.6 is 0 Å². The SMILES string of the molecule is CC(C)(C)OC(=O)N1CCC(Cn2cc(B3OC(C)(C)C(C)(C)O3)cn2)C1. The van der Waals surface area contributed by atoms with E-state index in [4.69, 9.17) is 14.0 Å². The van der Waals surface area contributed by atoms with Gasteiger partial charge in [0.15, 0.2) is 0 Å². The highest BCUT2D eigenvalue weighted by Gasteiger charge is 2.52. The standard InChI is InChI=1S/C19H32BN3O4/c1-17(2,3)25-16(24)22-9-8-14(11-22)12-23-13-15(10-21-23)20-26-18(4,5)19(6,7)27-20/h10,13-14H,8-9,11-12H2,1-7H3. The van der Waals surface area contributed by atoms with Crippen molar-refractivity contribution in [3.63, 3.8) is 0 Å². The molecule has 0 N–H and O–H groups in total. The Bertz CT molecular complexity index is 679. The Morgan fingerprint density at radius 3 is 2.52 bits per heavy atom. The normalized spacial score (nSPS) is 24.5. The molecule has 1 atom stereocenters. The largest absolute Gasteiger partial charge is 0.498 e. The monoisotopic (exact) mass is 377 g/mol. The van der Waals surface area contributed by atoms with E-state index in [1.165, 1.54) is 0 Å². The minimum absolute atomic E-state index is 0.233. The molecule has 0 saturated carbocycles. The smallest absolute Gasteiger partial charge is 0.444 e. The van der Waals surface area contributed by atoms with Crippen LogP contribution in [0.25, 0.3) is 0 Å². The van der Waals surface area contributed by atoms with Crippen molar-refractivity contribution >= 4 is 18.7 Å². The molecule has 0 bridgehead atoms. The zero-order valence-electron chi connectivity index (χ0n) is 17.6. The van der Waals surface area contributed by atoms with E-state index in [0.717, 1.165) is 25.0 Å². The lowest BCUT2D eigenvalue weighted by Crippen LogP contribution is -2.41. The van der Waals surface area contributed by atoms with Gasteiger partial charge in [-0.25, -0.2) is 4.79 Å². The average molecular weight is 377 g/mol. The summed E-state index contributed by atoms with van der Waals surface area (Å²) in [4.78, 5) is 14.0. The predicted octanol–water partition coefficient (Wildman–Crippen LogP) is 2.44. The predicted molar refractivity (Wildman–Crippen MR) is 104 cm³/mol. The second-order valence-corrected chi connectivity index (χ2v) is 9.67. The van der Waals surface area contributed by atoms with E-state index in [2.05, 4.69) is 5.10 Å². The molecule has 2 saturated heterocycles. The van der Waals surface area contributed by atoms with Crippen LogP contribution in [0.4, 0.5) is 4.79 Å². The molecule has 0 spiro atoms. The van der Waals surface area contributed by atoms with Gasteiger partial charge in [0, 0.05) is 37.5 Å². The summed E-state index contributed by atoms with van der Waals surface area (Å²) in [6, 6.07) is 0. The van der Waals surface area contributed by atoms with Gasteiger partial charge >= 0.3 is 13.2 Å². The van der Waals surface area contributed by atoms with Gasteiger partial charge in [0.1, 0.15) is 5.60 Å². The lowest BCUT2D eigenvalue weighted by atomic mass is 9.82. The van der Waals surface area contributed by atoms with E-state index in [-0.39, 0.29) is 17.3 Å². The Labute approximate surface area is 162 Å². The van der Waals surface area contributed by atoms with Gasteiger partial charge < -0.3 is 18.9 Å². The van der Waals surface area contributed by atoms with E-state index >= 15 is 0 Å². The number of hydrogen-bond donors (Lipinski definition) is 0. The number of aromatic nitrogens is 2. The molecule has 0 aromatic carbocycles. The summed E-state index contributed by atoms with van der Waals surface area (Å²) in [5, 5.41) is 4.47.